The Labute approximate surface area is 129 Å². The van der Waals surface area contributed by atoms with Crippen LogP contribution in [0.3, 0.4) is 0 Å². The number of amides is 1. The molecule has 0 unspecified atom stereocenters. The molecule has 0 aliphatic rings. The highest BCUT2D eigenvalue weighted by Crippen LogP contribution is 2.20. The van der Waals surface area contributed by atoms with Crippen molar-refractivity contribution in [3.63, 3.8) is 0 Å². The summed E-state index contributed by atoms with van der Waals surface area (Å²) in [7, 11) is 0. The molecule has 0 atom stereocenters. The van der Waals surface area contributed by atoms with Crippen LogP contribution < -0.4 is 11.1 Å². The molecule has 6 nitrogen and oxygen atoms in total. The summed E-state index contributed by atoms with van der Waals surface area (Å²) in [6.07, 6.45) is 1.34. The lowest BCUT2D eigenvalue weighted by Gasteiger charge is -2.07. The average molecular weight is 350 g/mol. The van der Waals surface area contributed by atoms with Crippen molar-refractivity contribution in [3.05, 3.63) is 52.8 Å². The number of ether oxygens (including phenoxy) is 1. The Morgan fingerprint density at radius 2 is 2.00 bits per heavy atom. The highest BCUT2D eigenvalue weighted by atomic mass is 79.9. The van der Waals surface area contributed by atoms with Gasteiger partial charge in [-0.1, -0.05) is 12.1 Å². The van der Waals surface area contributed by atoms with Crippen LogP contribution in [-0.2, 0) is 9.53 Å². The Morgan fingerprint density at radius 3 is 2.67 bits per heavy atom. The molecule has 21 heavy (non-hydrogen) atoms. The van der Waals surface area contributed by atoms with E-state index in [9.17, 15) is 9.59 Å². The smallest absolute Gasteiger partial charge is 0.357 e. The molecule has 3 N–H and O–H groups in total. The summed E-state index contributed by atoms with van der Waals surface area (Å²) in [5, 5.41) is 2.62. The average Bonchev–Trinajstić information content (AvgIpc) is 2.48. The Kier molecular flexibility index (Phi) is 4.89. The number of benzene rings is 1. The molecular weight excluding hydrogens is 338 g/mol. The van der Waals surface area contributed by atoms with E-state index in [-0.39, 0.29) is 5.69 Å². The first-order valence-corrected chi connectivity index (χ1v) is 6.78. The lowest BCUT2D eigenvalue weighted by atomic mass is 10.3. The molecule has 0 saturated carbocycles. The number of carbonyl (C=O) groups is 2. The minimum atomic E-state index is -0.683. The monoisotopic (exact) mass is 349 g/mol. The van der Waals surface area contributed by atoms with E-state index in [0.717, 1.165) is 4.47 Å². The van der Waals surface area contributed by atoms with Gasteiger partial charge in [0.1, 0.15) is 5.69 Å². The molecule has 108 valence electrons. The molecule has 7 heteroatoms. The van der Waals surface area contributed by atoms with Gasteiger partial charge in [0.15, 0.2) is 6.61 Å². The fourth-order valence-electron chi connectivity index (χ4n) is 1.48. The standard InChI is InChI=1S/C14H12BrN3O3/c15-10-3-1-2-4-11(10)18-13(19)8-21-14(20)12-6-5-9(16)7-17-12/h1-7H,8,16H2,(H,18,19). The second-order valence-corrected chi connectivity index (χ2v) is 4.94. The largest absolute Gasteiger partial charge is 0.451 e. The molecule has 1 aromatic carbocycles. The number of esters is 1. The van der Waals surface area contributed by atoms with Gasteiger partial charge < -0.3 is 15.8 Å². The summed E-state index contributed by atoms with van der Waals surface area (Å²) in [4.78, 5) is 27.2. The Balaban J connectivity index is 1.88. The van der Waals surface area contributed by atoms with Crippen molar-refractivity contribution in [2.75, 3.05) is 17.7 Å². The van der Waals surface area contributed by atoms with Crippen LogP contribution in [0.25, 0.3) is 0 Å². The van der Waals surface area contributed by atoms with Gasteiger partial charge in [-0.05, 0) is 40.2 Å². The molecule has 1 amide bonds. The van der Waals surface area contributed by atoms with Gasteiger partial charge in [-0.25, -0.2) is 9.78 Å². The van der Waals surface area contributed by atoms with Gasteiger partial charge in [0.05, 0.1) is 17.6 Å². The van der Waals surface area contributed by atoms with Crippen molar-refractivity contribution in [3.8, 4) is 0 Å². The molecule has 0 aliphatic carbocycles. The van der Waals surface area contributed by atoms with E-state index in [1.807, 2.05) is 6.07 Å². The van der Waals surface area contributed by atoms with Crippen molar-refractivity contribution >= 4 is 39.2 Å². The predicted octanol–water partition coefficient (Wildman–Crippen LogP) is 2.22. The van der Waals surface area contributed by atoms with Gasteiger partial charge in [0.2, 0.25) is 0 Å². The van der Waals surface area contributed by atoms with E-state index >= 15 is 0 Å². The van der Waals surface area contributed by atoms with Crippen LogP contribution >= 0.6 is 15.9 Å². The number of anilines is 2. The molecule has 0 radical (unpaired) electrons. The van der Waals surface area contributed by atoms with E-state index in [1.165, 1.54) is 18.3 Å². The van der Waals surface area contributed by atoms with Gasteiger partial charge in [0, 0.05) is 4.47 Å². The van der Waals surface area contributed by atoms with Gasteiger partial charge in [0.25, 0.3) is 5.91 Å². The predicted molar refractivity (Wildman–Crippen MR) is 81.7 cm³/mol. The van der Waals surface area contributed by atoms with Crippen molar-refractivity contribution in [1.82, 2.24) is 4.98 Å². The first kappa shape index (κ1) is 15.0. The lowest BCUT2D eigenvalue weighted by molar-refractivity contribution is -0.119. The number of rotatable bonds is 4. The quantitative estimate of drug-likeness (QED) is 0.825. The third-order valence-electron chi connectivity index (χ3n) is 2.48. The SMILES string of the molecule is Nc1ccc(C(=O)OCC(=O)Nc2ccccc2Br)nc1. The van der Waals surface area contributed by atoms with Crippen LogP contribution in [0, 0.1) is 0 Å². The number of aromatic nitrogens is 1. The number of hydrogen-bond acceptors (Lipinski definition) is 5. The lowest BCUT2D eigenvalue weighted by Crippen LogP contribution is -2.21. The van der Waals surface area contributed by atoms with Crippen molar-refractivity contribution in [1.29, 1.82) is 0 Å². The zero-order chi connectivity index (χ0) is 15.2. The number of nitrogens with two attached hydrogens (primary N) is 1. The maximum Gasteiger partial charge on any atom is 0.357 e. The maximum atomic E-state index is 11.7. The molecule has 1 aromatic heterocycles. The number of nitrogen functional groups attached to an aromatic ring is 1. The molecule has 2 rings (SSSR count). The molecule has 2 aromatic rings. The summed E-state index contributed by atoms with van der Waals surface area (Å²) in [5.41, 5.74) is 6.61. The zero-order valence-electron chi connectivity index (χ0n) is 10.9. The first-order valence-electron chi connectivity index (χ1n) is 5.99. The van der Waals surface area contributed by atoms with Crippen LogP contribution in [-0.4, -0.2) is 23.5 Å². The van der Waals surface area contributed by atoms with Gasteiger partial charge >= 0.3 is 5.97 Å². The van der Waals surface area contributed by atoms with Crippen molar-refractivity contribution in [2.45, 2.75) is 0 Å². The van der Waals surface area contributed by atoms with Crippen LogP contribution in [0.15, 0.2) is 47.1 Å². The summed E-state index contributed by atoms with van der Waals surface area (Å²) < 4.78 is 5.61. The molecular formula is C14H12BrN3O3. The fourth-order valence-corrected chi connectivity index (χ4v) is 1.86. The second-order valence-electron chi connectivity index (χ2n) is 4.08. The number of nitrogens with one attached hydrogen (secondary N) is 1. The number of pyridine rings is 1. The minimum absolute atomic E-state index is 0.0953. The van der Waals surface area contributed by atoms with Crippen LogP contribution in [0.2, 0.25) is 0 Å². The first-order chi connectivity index (χ1) is 10.1. The normalized spacial score (nSPS) is 9.95. The minimum Gasteiger partial charge on any atom is -0.451 e. The molecule has 1 heterocycles. The van der Waals surface area contributed by atoms with Gasteiger partial charge in [-0.2, -0.15) is 0 Å². The van der Waals surface area contributed by atoms with Crippen LogP contribution in [0.4, 0.5) is 11.4 Å². The number of hydrogen-bond donors (Lipinski definition) is 2. The molecule has 0 bridgehead atoms. The number of carbonyl (C=O) groups excluding carboxylic acids is 2. The second kappa shape index (κ2) is 6.85. The van der Waals surface area contributed by atoms with Gasteiger partial charge in [-0.3, -0.25) is 4.79 Å². The number of para-hydroxylation sites is 1. The van der Waals surface area contributed by atoms with E-state index in [0.29, 0.717) is 11.4 Å². The van der Waals surface area contributed by atoms with Crippen molar-refractivity contribution < 1.29 is 14.3 Å². The van der Waals surface area contributed by atoms with E-state index in [2.05, 4.69) is 26.2 Å². The molecule has 0 aliphatic heterocycles. The third kappa shape index (κ3) is 4.28. The van der Waals surface area contributed by atoms with E-state index in [4.69, 9.17) is 10.5 Å². The summed E-state index contributed by atoms with van der Waals surface area (Å²) in [6.45, 7) is -0.397. The Bertz CT molecular complexity index is 659. The van der Waals surface area contributed by atoms with E-state index < -0.39 is 18.5 Å². The highest BCUT2D eigenvalue weighted by Gasteiger charge is 2.12. The third-order valence-corrected chi connectivity index (χ3v) is 3.17. The molecule has 0 spiro atoms. The fraction of sp³-hybridized carbons (Fsp3) is 0.0714. The topological polar surface area (TPSA) is 94.3 Å². The highest BCUT2D eigenvalue weighted by molar-refractivity contribution is 9.10. The Morgan fingerprint density at radius 1 is 1.24 bits per heavy atom. The zero-order valence-corrected chi connectivity index (χ0v) is 12.5. The van der Waals surface area contributed by atoms with E-state index in [1.54, 1.807) is 18.2 Å². The van der Waals surface area contributed by atoms with Crippen LogP contribution in [0.5, 0.6) is 0 Å². The molecule has 0 saturated heterocycles. The van der Waals surface area contributed by atoms with Gasteiger partial charge in [-0.15, -0.1) is 0 Å². The summed E-state index contributed by atoms with van der Waals surface area (Å²) in [6, 6.07) is 10.1. The maximum absolute atomic E-state index is 11.7. The molecule has 0 fully saturated rings. The summed E-state index contributed by atoms with van der Waals surface area (Å²) >= 11 is 3.30. The number of halogens is 1. The van der Waals surface area contributed by atoms with Crippen LogP contribution in [0.1, 0.15) is 10.5 Å². The summed E-state index contributed by atoms with van der Waals surface area (Å²) in [5.74, 6) is -1.12. The Hall–Kier alpha value is -2.41. The number of nitrogens with zero attached hydrogens (tertiary/aromatic N) is 1. The van der Waals surface area contributed by atoms with Crippen molar-refractivity contribution in [2.24, 2.45) is 0 Å².